The number of methoxy groups -OCH3 is 2. The molecule has 8 heteroatoms. The SMILES string of the molecule is CCn1cc(C(=O)N2CC(=O)N(Cc3ccc(OC)cc3)C[C@H](OC)C2)cn1. The lowest BCUT2D eigenvalue weighted by Gasteiger charge is -2.23. The molecule has 0 saturated carbocycles. The average molecular weight is 386 g/mol. The van der Waals surface area contributed by atoms with E-state index in [9.17, 15) is 9.59 Å². The van der Waals surface area contributed by atoms with Crippen molar-refractivity contribution in [2.75, 3.05) is 33.9 Å². The Balaban J connectivity index is 1.73. The molecule has 1 aliphatic heterocycles. The molecule has 2 aromatic rings. The predicted octanol–water partition coefficient (Wildman–Crippen LogP) is 1.41. The molecule has 0 radical (unpaired) electrons. The number of carbonyl (C=O) groups is 2. The highest BCUT2D eigenvalue weighted by Gasteiger charge is 2.31. The molecule has 150 valence electrons. The first-order valence-electron chi connectivity index (χ1n) is 9.29. The van der Waals surface area contributed by atoms with E-state index in [-0.39, 0.29) is 24.5 Å². The Morgan fingerprint density at radius 3 is 2.57 bits per heavy atom. The molecule has 3 rings (SSSR count). The van der Waals surface area contributed by atoms with Crippen molar-refractivity contribution >= 4 is 11.8 Å². The minimum absolute atomic E-state index is 0.0200. The zero-order valence-electron chi connectivity index (χ0n) is 16.5. The van der Waals surface area contributed by atoms with Gasteiger partial charge in [0.1, 0.15) is 12.3 Å². The number of aromatic nitrogens is 2. The topological polar surface area (TPSA) is 76.9 Å². The summed E-state index contributed by atoms with van der Waals surface area (Å²) in [6, 6.07) is 7.60. The van der Waals surface area contributed by atoms with E-state index in [2.05, 4.69) is 5.10 Å². The van der Waals surface area contributed by atoms with Crippen LogP contribution in [0.25, 0.3) is 0 Å². The Morgan fingerprint density at radius 2 is 1.96 bits per heavy atom. The second-order valence-corrected chi connectivity index (χ2v) is 6.75. The lowest BCUT2D eigenvalue weighted by molar-refractivity contribution is -0.132. The van der Waals surface area contributed by atoms with E-state index < -0.39 is 0 Å². The molecule has 0 bridgehead atoms. The number of nitrogens with zero attached hydrogens (tertiary/aromatic N) is 4. The first kappa shape index (κ1) is 19.9. The van der Waals surface area contributed by atoms with E-state index in [4.69, 9.17) is 9.47 Å². The summed E-state index contributed by atoms with van der Waals surface area (Å²) in [5.74, 6) is 0.457. The van der Waals surface area contributed by atoms with Crippen molar-refractivity contribution in [3.63, 3.8) is 0 Å². The summed E-state index contributed by atoms with van der Waals surface area (Å²) >= 11 is 0. The molecule has 1 aromatic carbocycles. The molecule has 1 atom stereocenters. The summed E-state index contributed by atoms with van der Waals surface area (Å²) in [4.78, 5) is 29.0. The van der Waals surface area contributed by atoms with Crippen molar-refractivity contribution in [3.8, 4) is 5.75 Å². The van der Waals surface area contributed by atoms with Gasteiger partial charge in [0.15, 0.2) is 0 Å². The van der Waals surface area contributed by atoms with Crippen molar-refractivity contribution in [1.82, 2.24) is 19.6 Å². The van der Waals surface area contributed by atoms with Crippen LogP contribution in [0.15, 0.2) is 36.7 Å². The van der Waals surface area contributed by atoms with Crippen LogP contribution in [0.1, 0.15) is 22.8 Å². The summed E-state index contributed by atoms with van der Waals surface area (Å²) in [6.07, 6.45) is 2.99. The molecule has 0 spiro atoms. The van der Waals surface area contributed by atoms with Gasteiger partial charge in [-0.3, -0.25) is 14.3 Å². The highest BCUT2D eigenvalue weighted by Crippen LogP contribution is 2.17. The fraction of sp³-hybridized carbons (Fsp3) is 0.450. The Bertz CT molecular complexity index is 818. The number of rotatable bonds is 6. The van der Waals surface area contributed by atoms with Gasteiger partial charge in [0.2, 0.25) is 5.91 Å². The van der Waals surface area contributed by atoms with Crippen LogP contribution in [0.2, 0.25) is 0 Å². The van der Waals surface area contributed by atoms with Gasteiger partial charge in [-0.2, -0.15) is 5.10 Å². The lowest BCUT2D eigenvalue weighted by Crippen LogP contribution is -2.39. The highest BCUT2D eigenvalue weighted by atomic mass is 16.5. The first-order chi connectivity index (χ1) is 13.5. The third-order valence-corrected chi connectivity index (χ3v) is 4.88. The van der Waals surface area contributed by atoms with E-state index in [1.165, 1.54) is 6.20 Å². The monoisotopic (exact) mass is 386 g/mol. The Morgan fingerprint density at radius 1 is 1.21 bits per heavy atom. The van der Waals surface area contributed by atoms with Gasteiger partial charge in [-0.1, -0.05) is 12.1 Å². The number of benzene rings is 1. The largest absolute Gasteiger partial charge is 0.497 e. The number of ether oxygens (including phenoxy) is 2. The quantitative estimate of drug-likeness (QED) is 0.750. The Labute approximate surface area is 164 Å². The lowest BCUT2D eigenvalue weighted by atomic mass is 10.2. The smallest absolute Gasteiger partial charge is 0.257 e. The fourth-order valence-corrected chi connectivity index (χ4v) is 3.22. The molecule has 2 heterocycles. The third-order valence-electron chi connectivity index (χ3n) is 4.88. The van der Waals surface area contributed by atoms with Gasteiger partial charge in [0, 0.05) is 39.5 Å². The van der Waals surface area contributed by atoms with Crippen LogP contribution in [0, 0.1) is 0 Å². The predicted molar refractivity (Wildman–Crippen MR) is 103 cm³/mol. The van der Waals surface area contributed by atoms with E-state index in [1.54, 1.807) is 34.9 Å². The number of aryl methyl sites for hydroxylation is 1. The Hall–Kier alpha value is -2.87. The maximum atomic E-state index is 12.9. The van der Waals surface area contributed by atoms with Crippen molar-refractivity contribution in [2.45, 2.75) is 26.1 Å². The summed E-state index contributed by atoms with van der Waals surface area (Å²) < 4.78 is 12.4. The highest BCUT2D eigenvalue weighted by molar-refractivity contribution is 5.96. The number of hydrogen-bond donors (Lipinski definition) is 0. The standard InChI is InChI=1S/C20H26N4O4/c1-4-24-11-16(9-21-24)20(26)23-13-18(28-3)12-22(19(25)14-23)10-15-5-7-17(27-2)8-6-15/h5-9,11,18H,4,10,12-14H2,1-3H3/t18-/m0/s1. The summed E-state index contributed by atoms with van der Waals surface area (Å²) in [5.41, 5.74) is 1.47. The molecular formula is C20H26N4O4. The summed E-state index contributed by atoms with van der Waals surface area (Å²) in [6.45, 7) is 3.90. The van der Waals surface area contributed by atoms with Crippen LogP contribution < -0.4 is 4.74 Å². The van der Waals surface area contributed by atoms with Gasteiger partial charge in [0.25, 0.3) is 5.91 Å². The molecule has 1 aliphatic rings. The second kappa shape index (κ2) is 8.88. The molecule has 2 amide bonds. The van der Waals surface area contributed by atoms with Crippen molar-refractivity contribution in [2.24, 2.45) is 0 Å². The minimum atomic E-state index is -0.255. The van der Waals surface area contributed by atoms with Crippen LogP contribution in [-0.4, -0.2) is 71.4 Å². The van der Waals surface area contributed by atoms with Gasteiger partial charge in [-0.05, 0) is 24.6 Å². The van der Waals surface area contributed by atoms with Crippen LogP contribution in [0.3, 0.4) is 0 Å². The van der Waals surface area contributed by atoms with Crippen LogP contribution in [0.4, 0.5) is 0 Å². The number of amides is 2. The molecule has 1 fully saturated rings. The molecular weight excluding hydrogens is 360 g/mol. The van der Waals surface area contributed by atoms with E-state index in [1.807, 2.05) is 31.2 Å². The molecule has 0 unspecified atom stereocenters. The second-order valence-electron chi connectivity index (χ2n) is 6.75. The molecule has 28 heavy (non-hydrogen) atoms. The molecule has 1 aromatic heterocycles. The van der Waals surface area contributed by atoms with Crippen LogP contribution in [0.5, 0.6) is 5.75 Å². The van der Waals surface area contributed by atoms with Crippen molar-refractivity contribution < 1.29 is 19.1 Å². The Kier molecular flexibility index (Phi) is 6.30. The van der Waals surface area contributed by atoms with Gasteiger partial charge < -0.3 is 19.3 Å². The van der Waals surface area contributed by atoms with Gasteiger partial charge in [-0.25, -0.2) is 0 Å². The maximum Gasteiger partial charge on any atom is 0.257 e. The van der Waals surface area contributed by atoms with E-state index >= 15 is 0 Å². The first-order valence-corrected chi connectivity index (χ1v) is 9.29. The minimum Gasteiger partial charge on any atom is -0.497 e. The van der Waals surface area contributed by atoms with Crippen LogP contribution >= 0.6 is 0 Å². The normalized spacial score (nSPS) is 17.5. The van der Waals surface area contributed by atoms with E-state index in [0.29, 0.717) is 31.7 Å². The van der Waals surface area contributed by atoms with Crippen molar-refractivity contribution in [3.05, 3.63) is 47.8 Å². The van der Waals surface area contributed by atoms with E-state index in [0.717, 1.165) is 11.3 Å². The molecule has 8 nitrogen and oxygen atoms in total. The molecule has 0 aliphatic carbocycles. The van der Waals surface area contributed by atoms with Crippen molar-refractivity contribution in [1.29, 1.82) is 0 Å². The fourth-order valence-electron chi connectivity index (χ4n) is 3.22. The molecule has 0 N–H and O–H groups in total. The zero-order chi connectivity index (χ0) is 20.1. The number of carbonyl (C=O) groups excluding carboxylic acids is 2. The van der Waals surface area contributed by atoms with Crippen LogP contribution in [-0.2, 0) is 22.6 Å². The van der Waals surface area contributed by atoms with Gasteiger partial charge in [0.05, 0.1) is 25.0 Å². The summed E-state index contributed by atoms with van der Waals surface area (Å²) in [5, 5.41) is 4.15. The third kappa shape index (κ3) is 4.51. The maximum absolute atomic E-state index is 12.9. The summed E-state index contributed by atoms with van der Waals surface area (Å²) in [7, 11) is 3.22. The average Bonchev–Trinajstić information content (AvgIpc) is 3.14. The molecule has 1 saturated heterocycles. The zero-order valence-corrected chi connectivity index (χ0v) is 16.5. The van der Waals surface area contributed by atoms with Gasteiger partial charge >= 0.3 is 0 Å². The number of hydrogen-bond acceptors (Lipinski definition) is 5. The van der Waals surface area contributed by atoms with Gasteiger partial charge in [-0.15, -0.1) is 0 Å².